The highest BCUT2D eigenvalue weighted by molar-refractivity contribution is 5.96. The number of carbonyl (C=O) groups is 1. The molecule has 9 nitrogen and oxygen atoms in total. The third kappa shape index (κ3) is 3.94. The zero-order chi connectivity index (χ0) is 18.4. The molecule has 0 aliphatic carbocycles. The van der Waals surface area contributed by atoms with Gasteiger partial charge < -0.3 is 19.3 Å². The highest BCUT2D eigenvalue weighted by Crippen LogP contribution is 2.19. The van der Waals surface area contributed by atoms with E-state index < -0.39 is 0 Å². The van der Waals surface area contributed by atoms with E-state index in [9.17, 15) is 4.79 Å². The fourth-order valence-corrected chi connectivity index (χ4v) is 2.20. The van der Waals surface area contributed by atoms with Gasteiger partial charge in [-0.1, -0.05) is 11.2 Å². The van der Waals surface area contributed by atoms with Gasteiger partial charge in [0.2, 0.25) is 23.5 Å². The van der Waals surface area contributed by atoms with Crippen LogP contribution in [-0.4, -0.2) is 46.8 Å². The summed E-state index contributed by atoms with van der Waals surface area (Å²) >= 11 is 0. The molecule has 0 bridgehead atoms. The van der Waals surface area contributed by atoms with E-state index in [0.29, 0.717) is 41.8 Å². The number of pyridine rings is 2. The Balaban J connectivity index is 1.58. The Morgan fingerprint density at radius 1 is 1.15 bits per heavy atom. The van der Waals surface area contributed by atoms with E-state index in [-0.39, 0.29) is 11.8 Å². The average molecular weight is 355 g/mol. The minimum absolute atomic E-state index is 0.192. The number of methoxy groups -OCH3 is 2. The second kappa shape index (κ2) is 8.06. The Kier molecular flexibility index (Phi) is 5.37. The lowest BCUT2D eigenvalue weighted by Gasteiger charge is -2.09. The monoisotopic (exact) mass is 355 g/mol. The Morgan fingerprint density at radius 3 is 2.77 bits per heavy atom. The topological polar surface area (TPSA) is 112 Å². The molecule has 0 aliphatic rings. The zero-order valence-electron chi connectivity index (χ0n) is 14.3. The van der Waals surface area contributed by atoms with Gasteiger partial charge in [-0.25, -0.2) is 0 Å². The Labute approximate surface area is 149 Å². The SMILES string of the molecule is COc1ccc(C(=O)NCCc2nc(-c3ccccn3)no2)c(OC)n1. The lowest BCUT2D eigenvalue weighted by molar-refractivity contribution is 0.0949. The fraction of sp³-hybridized carbons (Fsp3) is 0.235. The largest absolute Gasteiger partial charge is 0.481 e. The van der Waals surface area contributed by atoms with Crippen molar-refractivity contribution in [3.63, 3.8) is 0 Å². The van der Waals surface area contributed by atoms with E-state index >= 15 is 0 Å². The van der Waals surface area contributed by atoms with Gasteiger partial charge in [0, 0.05) is 25.2 Å². The summed E-state index contributed by atoms with van der Waals surface area (Å²) in [6.45, 7) is 0.317. The van der Waals surface area contributed by atoms with Crippen molar-refractivity contribution in [2.24, 2.45) is 0 Å². The Hall–Kier alpha value is -3.49. The molecule has 3 aromatic heterocycles. The van der Waals surface area contributed by atoms with Gasteiger partial charge in [0.15, 0.2) is 0 Å². The number of carbonyl (C=O) groups excluding carboxylic acids is 1. The molecule has 0 saturated heterocycles. The molecule has 0 aromatic carbocycles. The summed E-state index contributed by atoms with van der Waals surface area (Å²) in [4.78, 5) is 24.8. The molecule has 26 heavy (non-hydrogen) atoms. The predicted octanol–water partition coefficient (Wildman–Crippen LogP) is 1.52. The summed E-state index contributed by atoms with van der Waals surface area (Å²) in [5.41, 5.74) is 0.939. The highest BCUT2D eigenvalue weighted by Gasteiger charge is 2.15. The number of ether oxygens (including phenoxy) is 2. The number of hydrogen-bond donors (Lipinski definition) is 1. The number of amides is 1. The van der Waals surface area contributed by atoms with Crippen LogP contribution in [0.25, 0.3) is 11.5 Å². The first-order valence-corrected chi connectivity index (χ1v) is 7.82. The van der Waals surface area contributed by atoms with E-state index in [0.717, 1.165) is 0 Å². The lowest BCUT2D eigenvalue weighted by atomic mass is 10.2. The quantitative estimate of drug-likeness (QED) is 0.679. The average Bonchev–Trinajstić information content (AvgIpc) is 3.17. The van der Waals surface area contributed by atoms with Crippen LogP contribution in [0.1, 0.15) is 16.2 Å². The van der Waals surface area contributed by atoms with Gasteiger partial charge in [0.1, 0.15) is 11.3 Å². The summed E-state index contributed by atoms with van der Waals surface area (Å²) in [7, 11) is 2.93. The molecule has 1 amide bonds. The van der Waals surface area contributed by atoms with Gasteiger partial charge in [0.25, 0.3) is 5.91 Å². The van der Waals surface area contributed by atoms with Gasteiger partial charge >= 0.3 is 0 Å². The molecule has 0 fully saturated rings. The van der Waals surface area contributed by atoms with Gasteiger partial charge in [-0.15, -0.1) is 0 Å². The molecule has 134 valence electrons. The highest BCUT2D eigenvalue weighted by atomic mass is 16.5. The molecule has 0 atom stereocenters. The summed E-state index contributed by atoms with van der Waals surface area (Å²) in [6, 6.07) is 8.62. The van der Waals surface area contributed by atoms with Crippen molar-refractivity contribution < 1.29 is 18.8 Å². The number of hydrogen-bond acceptors (Lipinski definition) is 8. The molecule has 0 unspecified atom stereocenters. The van der Waals surface area contributed by atoms with Crippen LogP contribution < -0.4 is 14.8 Å². The van der Waals surface area contributed by atoms with Crippen molar-refractivity contribution in [1.29, 1.82) is 0 Å². The molecule has 3 heterocycles. The second-order valence-corrected chi connectivity index (χ2v) is 5.14. The molecule has 1 N–H and O–H groups in total. The molecular weight excluding hydrogens is 338 g/mol. The van der Waals surface area contributed by atoms with Crippen LogP contribution in [0.4, 0.5) is 0 Å². The molecule has 9 heteroatoms. The van der Waals surface area contributed by atoms with Crippen LogP contribution in [-0.2, 0) is 6.42 Å². The molecule has 0 aliphatic heterocycles. The van der Waals surface area contributed by atoms with Crippen molar-refractivity contribution in [3.8, 4) is 23.3 Å². The first kappa shape index (κ1) is 17.3. The normalized spacial score (nSPS) is 10.4. The third-order valence-corrected chi connectivity index (χ3v) is 3.47. The van der Waals surface area contributed by atoms with Crippen LogP contribution in [0.3, 0.4) is 0 Å². The maximum atomic E-state index is 12.3. The molecule has 0 radical (unpaired) electrons. The van der Waals surface area contributed by atoms with E-state index in [1.807, 2.05) is 12.1 Å². The first-order valence-electron chi connectivity index (χ1n) is 7.82. The van der Waals surface area contributed by atoms with Crippen molar-refractivity contribution in [3.05, 3.63) is 48.0 Å². The maximum absolute atomic E-state index is 12.3. The number of nitrogens with zero attached hydrogens (tertiary/aromatic N) is 4. The van der Waals surface area contributed by atoms with Crippen molar-refractivity contribution in [2.75, 3.05) is 20.8 Å². The minimum atomic E-state index is -0.318. The van der Waals surface area contributed by atoms with Crippen molar-refractivity contribution in [1.82, 2.24) is 25.4 Å². The Bertz CT molecular complexity index is 882. The summed E-state index contributed by atoms with van der Waals surface area (Å²) in [5, 5.41) is 6.65. The molecule has 0 saturated carbocycles. The molecule has 0 spiro atoms. The van der Waals surface area contributed by atoms with E-state index in [1.54, 1.807) is 24.4 Å². The predicted molar refractivity (Wildman–Crippen MR) is 90.9 cm³/mol. The van der Waals surface area contributed by atoms with E-state index in [2.05, 4.69) is 25.4 Å². The van der Waals surface area contributed by atoms with Crippen molar-refractivity contribution in [2.45, 2.75) is 6.42 Å². The molecular formula is C17H17N5O4. The summed E-state index contributed by atoms with van der Waals surface area (Å²) in [6.07, 6.45) is 2.04. The van der Waals surface area contributed by atoms with Gasteiger partial charge in [-0.2, -0.15) is 9.97 Å². The van der Waals surface area contributed by atoms with Crippen molar-refractivity contribution >= 4 is 5.91 Å². The number of nitrogens with one attached hydrogen (secondary N) is 1. The molecule has 3 rings (SSSR count). The van der Waals surface area contributed by atoms with Crippen LogP contribution in [0, 0.1) is 0 Å². The number of aromatic nitrogens is 4. The van der Waals surface area contributed by atoms with Crippen LogP contribution in [0.15, 0.2) is 41.1 Å². The smallest absolute Gasteiger partial charge is 0.256 e. The van der Waals surface area contributed by atoms with Crippen LogP contribution >= 0.6 is 0 Å². The minimum Gasteiger partial charge on any atom is -0.481 e. The Morgan fingerprint density at radius 2 is 2.04 bits per heavy atom. The first-order chi connectivity index (χ1) is 12.7. The van der Waals surface area contributed by atoms with E-state index in [1.165, 1.54) is 14.2 Å². The zero-order valence-corrected chi connectivity index (χ0v) is 14.3. The summed E-state index contributed by atoms with van der Waals surface area (Å²) < 4.78 is 15.3. The van der Waals surface area contributed by atoms with Crippen LogP contribution in [0.5, 0.6) is 11.8 Å². The van der Waals surface area contributed by atoms with Gasteiger partial charge in [0.05, 0.1) is 14.2 Å². The summed E-state index contributed by atoms with van der Waals surface area (Å²) in [5.74, 6) is 1.06. The lowest BCUT2D eigenvalue weighted by Crippen LogP contribution is -2.26. The molecule has 3 aromatic rings. The standard InChI is InChI=1S/C17H17N5O4/c1-24-13-7-6-11(17(21-13)25-2)16(23)19-10-8-14-20-15(22-26-14)12-5-3-4-9-18-12/h3-7,9H,8,10H2,1-2H3,(H,19,23). The number of rotatable bonds is 7. The maximum Gasteiger partial charge on any atom is 0.256 e. The van der Waals surface area contributed by atoms with Crippen LogP contribution in [0.2, 0.25) is 0 Å². The van der Waals surface area contributed by atoms with Gasteiger partial charge in [-0.3, -0.25) is 9.78 Å². The van der Waals surface area contributed by atoms with E-state index in [4.69, 9.17) is 14.0 Å². The third-order valence-electron chi connectivity index (χ3n) is 3.47. The second-order valence-electron chi connectivity index (χ2n) is 5.14. The van der Waals surface area contributed by atoms with Gasteiger partial charge in [-0.05, 0) is 18.2 Å². The fourth-order valence-electron chi connectivity index (χ4n) is 2.20.